The van der Waals surface area contributed by atoms with Gasteiger partial charge in [0.25, 0.3) is 5.56 Å². The largest absolute Gasteiger partial charge is 0.575 e. The summed E-state index contributed by atoms with van der Waals surface area (Å²) in [6.07, 6.45) is 3.83. The van der Waals surface area contributed by atoms with Crippen LogP contribution in [0.5, 0.6) is 0 Å². The molecule has 2 aliphatic carbocycles. The number of ether oxygens (including phenoxy) is 1. The number of aryl methyl sites for hydroxylation is 1. The number of nitrogens with zero attached hydrogens (tertiary/aromatic N) is 1. The number of hydrogen-bond acceptors (Lipinski definition) is 4. The number of carbonyl (C=O) groups excluding carboxylic acids is 2. The molecule has 0 aliphatic heterocycles. The smallest absolute Gasteiger partial charge is 0.371 e. The van der Waals surface area contributed by atoms with Gasteiger partial charge in [-0.25, -0.2) is 4.79 Å². The Hall–Kier alpha value is -2.32. The summed E-state index contributed by atoms with van der Waals surface area (Å²) in [5.41, 5.74) is 2.19. The van der Waals surface area contributed by atoms with E-state index in [4.69, 9.17) is 0 Å². The van der Waals surface area contributed by atoms with Crippen molar-refractivity contribution in [3.63, 3.8) is 0 Å². The molecule has 1 saturated carbocycles. The van der Waals surface area contributed by atoms with Gasteiger partial charge in [-0.1, -0.05) is 25.3 Å². The second-order valence-electron chi connectivity index (χ2n) is 8.59. The number of nitrogens with one attached hydrogen (secondary N) is 1. The fraction of sp³-hybridized carbons (Fsp3) is 0.682. The van der Waals surface area contributed by atoms with Crippen LogP contribution in [0.1, 0.15) is 62.6 Å². The van der Waals surface area contributed by atoms with Gasteiger partial charge < -0.3 is 14.6 Å². The predicted octanol–water partition coefficient (Wildman–Crippen LogP) is 3.49. The van der Waals surface area contributed by atoms with E-state index in [0.717, 1.165) is 44.2 Å². The molecule has 1 aromatic heterocycles. The van der Waals surface area contributed by atoms with E-state index >= 15 is 0 Å². The Morgan fingerprint density at radius 2 is 1.90 bits per heavy atom. The van der Waals surface area contributed by atoms with Crippen LogP contribution in [-0.2, 0) is 33.7 Å². The molecule has 0 bridgehead atoms. The number of carbonyl (C=O) groups is 2. The third-order valence-electron chi connectivity index (χ3n) is 6.45. The summed E-state index contributed by atoms with van der Waals surface area (Å²) >= 11 is 0. The van der Waals surface area contributed by atoms with Crippen molar-refractivity contribution in [2.45, 2.75) is 83.2 Å². The Bertz CT molecular complexity index is 837. The van der Waals surface area contributed by atoms with Crippen molar-refractivity contribution in [1.29, 1.82) is 0 Å². The molecule has 3 rings (SSSR count). The van der Waals surface area contributed by atoms with Gasteiger partial charge in [-0.3, -0.25) is 9.59 Å². The van der Waals surface area contributed by atoms with Gasteiger partial charge in [0, 0.05) is 18.3 Å². The summed E-state index contributed by atoms with van der Waals surface area (Å²) in [7, 11) is 0. The Morgan fingerprint density at radius 1 is 1.16 bits per heavy atom. The van der Waals surface area contributed by atoms with Crippen LogP contribution in [0, 0.1) is 11.8 Å². The maximum atomic E-state index is 12.7. The summed E-state index contributed by atoms with van der Waals surface area (Å²) in [4.78, 5) is 35.6. The van der Waals surface area contributed by atoms with Crippen LogP contribution in [0.2, 0.25) is 0 Å². The number of esters is 1. The molecule has 9 heteroatoms. The third kappa shape index (κ3) is 6.33. The highest BCUT2D eigenvalue weighted by molar-refractivity contribution is 5.78. The minimum atomic E-state index is -5.10. The van der Waals surface area contributed by atoms with Crippen molar-refractivity contribution >= 4 is 12.4 Å². The van der Waals surface area contributed by atoms with E-state index in [1.165, 1.54) is 12.0 Å². The number of amides is 1. The molecule has 1 aromatic rings. The van der Waals surface area contributed by atoms with Crippen molar-refractivity contribution in [2.75, 3.05) is 0 Å². The predicted molar refractivity (Wildman–Crippen MR) is 107 cm³/mol. The summed E-state index contributed by atoms with van der Waals surface area (Å²) in [6, 6.07) is 2.16. The molecule has 2 aliphatic rings. The molecule has 0 aromatic carbocycles. The monoisotopic (exact) mass is 442 g/mol. The molecule has 31 heavy (non-hydrogen) atoms. The average molecular weight is 442 g/mol. The van der Waals surface area contributed by atoms with Crippen molar-refractivity contribution in [2.24, 2.45) is 11.8 Å². The number of hydrogen-bond donors (Lipinski definition) is 1. The van der Waals surface area contributed by atoms with E-state index in [9.17, 15) is 27.6 Å². The average Bonchev–Trinajstić information content (AvgIpc) is 2.68. The van der Waals surface area contributed by atoms with Gasteiger partial charge in [0.05, 0.1) is 0 Å². The van der Waals surface area contributed by atoms with Gasteiger partial charge in [-0.05, 0) is 62.3 Å². The first-order chi connectivity index (χ1) is 14.8. The first-order valence-corrected chi connectivity index (χ1v) is 11.0. The van der Waals surface area contributed by atoms with E-state index in [1.807, 2.05) is 10.6 Å². The van der Waals surface area contributed by atoms with Crippen molar-refractivity contribution in [3.8, 4) is 0 Å². The number of aromatic nitrogens is 1. The topological polar surface area (TPSA) is 77.4 Å². The van der Waals surface area contributed by atoms with Gasteiger partial charge in [0.1, 0.15) is 6.04 Å². The minimum absolute atomic E-state index is 0.0306. The Labute approximate surface area is 179 Å². The van der Waals surface area contributed by atoms with Crippen molar-refractivity contribution in [1.82, 2.24) is 9.88 Å². The van der Waals surface area contributed by atoms with Gasteiger partial charge >= 0.3 is 12.3 Å². The first kappa shape index (κ1) is 23.3. The zero-order valence-corrected chi connectivity index (χ0v) is 17.5. The molecule has 1 N–H and O–H groups in total. The summed E-state index contributed by atoms with van der Waals surface area (Å²) in [5, 5.41) is 2.21. The highest BCUT2D eigenvalue weighted by Gasteiger charge is 2.41. The third-order valence-corrected chi connectivity index (χ3v) is 6.45. The molecule has 1 amide bonds. The number of pyridine rings is 1. The summed E-state index contributed by atoms with van der Waals surface area (Å²) in [5.74, 6) is -1.93. The normalized spacial score (nSPS) is 23.1. The molecule has 1 fully saturated rings. The lowest BCUT2D eigenvalue weighted by Gasteiger charge is -2.34. The summed E-state index contributed by atoms with van der Waals surface area (Å²) < 4.78 is 42.9. The van der Waals surface area contributed by atoms with Gasteiger partial charge in [-0.15, -0.1) is 13.2 Å². The van der Waals surface area contributed by atoms with Gasteiger partial charge in [0.2, 0.25) is 6.41 Å². The second-order valence-corrected chi connectivity index (χ2v) is 8.59. The number of fused-ring (bicyclic) bond motifs is 1. The van der Waals surface area contributed by atoms with Crippen molar-refractivity contribution in [3.05, 3.63) is 33.7 Å². The first-order valence-electron chi connectivity index (χ1n) is 11.0. The molecule has 0 saturated heterocycles. The van der Waals surface area contributed by atoms with Crippen LogP contribution >= 0.6 is 0 Å². The summed E-state index contributed by atoms with van der Waals surface area (Å²) in [6.45, 7) is 0.473. The fourth-order valence-electron chi connectivity index (χ4n) is 5.06. The van der Waals surface area contributed by atoms with E-state index in [-0.39, 0.29) is 17.9 Å². The SMILES string of the molecule is O=CNC(C(=O)OC(F)(F)F)C1CCCC(Cn2c3c(ccc2=O)CCCCCC3)C1. The Morgan fingerprint density at radius 3 is 2.61 bits per heavy atom. The number of alkyl halides is 3. The molecule has 0 radical (unpaired) electrons. The van der Waals surface area contributed by atoms with E-state index in [1.54, 1.807) is 6.07 Å². The van der Waals surface area contributed by atoms with Gasteiger partial charge in [0.15, 0.2) is 0 Å². The molecule has 172 valence electrons. The van der Waals surface area contributed by atoms with E-state index < -0.39 is 24.3 Å². The lowest BCUT2D eigenvalue weighted by Crippen LogP contribution is -2.46. The molecule has 3 unspecified atom stereocenters. The Balaban J connectivity index is 1.76. The zero-order chi connectivity index (χ0) is 22.4. The van der Waals surface area contributed by atoms with Gasteiger partial charge in [-0.2, -0.15) is 0 Å². The second kappa shape index (κ2) is 10.3. The lowest BCUT2D eigenvalue weighted by atomic mass is 9.77. The quantitative estimate of drug-likeness (QED) is 0.541. The number of rotatable bonds is 6. The molecular weight excluding hydrogens is 413 g/mol. The molecule has 1 heterocycles. The van der Waals surface area contributed by atoms with Crippen LogP contribution < -0.4 is 10.9 Å². The van der Waals surface area contributed by atoms with Crippen LogP contribution in [0.4, 0.5) is 13.2 Å². The highest BCUT2D eigenvalue weighted by atomic mass is 19.4. The molecular formula is C22H29F3N2O4. The maximum absolute atomic E-state index is 12.7. The van der Waals surface area contributed by atoms with Crippen molar-refractivity contribution < 1.29 is 27.5 Å². The standard InChI is InChI=1S/C22H29F3N2O4/c23-22(24,25)31-21(30)20(26-14-28)17-8-5-6-15(12-17)13-27-18-9-4-2-1-3-7-16(18)10-11-19(27)29/h10-11,14-15,17,20H,1-9,12-13H2,(H,26,28). The van der Waals surface area contributed by atoms with Crippen LogP contribution in [-0.4, -0.2) is 29.4 Å². The highest BCUT2D eigenvalue weighted by Crippen LogP contribution is 2.34. The van der Waals surface area contributed by atoms with Crippen LogP contribution in [0.3, 0.4) is 0 Å². The zero-order valence-electron chi connectivity index (χ0n) is 17.5. The molecule has 0 spiro atoms. The maximum Gasteiger partial charge on any atom is 0.575 e. The number of halogens is 3. The molecule has 6 nitrogen and oxygen atoms in total. The Kier molecular flexibility index (Phi) is 7.78. The lowest BCUT2D eigenvalue weighted by molar-refractivity contribution is -0.307. The minimum Gasteiger partial charge on any atom is -0.371 e. The van der Waals surface area contributed by atoms with Crippen LogP contribution in [0.25, 0.3) is 0 Å². The molecule has 3 atom stereocenters. The van der Waals surface area contributed by atoms with E-state index in [0.29, 0.717) is 25.8 Å². The van der Waals surface area contributed by atoms with Crippen LogP contribution in [0.15, 0.2) is 16.9 Å². The fourth-order valence-corrected chi connectivity index (χ4v) is 5.06. The van der Waals surface area contributed by atoms with E-state index in [2.05, 4.69) is 10.1 Å².